The summed E-state index contributed by atoms with van der Waals surface area (Å²) in [5, 5.41) is 10.3. The number of thiol groups is 1. The van der Waals surface area contributed by atoms with Crippen molar-refractivity contribution < 1.29 is 8.42 Å². The minimum atomic E-state index is -2.62. The Bertz CT molecular complexity index is 168. The molecule has 6 heteroatoms. The molecule has 0 atom stereocenters. The van der Waals surface area contributed by atoms with Crippen molar-refractivity contribution >= 4 is 10.9 Å². The maximum atomic E-state index is 8.81. The quantitative estimate of drug-likeness (QED) is 0.408. The number of nitrogens with one attached hydrogen (secondary N) is 1. The topological polar surface area (TPSA) is 88.8 Å². The second-order valence-electron chi connectivity index (χ2n) is 1.05. The van der Waals surface area contributed by atoms with Gasteiger partial charge in [-0.05, 0) is 6.07 Å². The van der Waals surface area contributed by atoms with Crippen LogP contribution in [0.25, 0.3) is 0 Å². The smallest absolute Gasteiger partial charge is 0.198 e. The molecule has 0 aliphatic carbocycles. The van der Waals surface area contributed by atoms with Crippen LogP contribution in [0.15, 0.2) is 18.5 Å². The predicted octanol–water partition coefficient (Wildman–Crippen LogP) is -1.12. The van der Waals surface area contributed by atoms with E-state index in [1.807, 2.05) is 6.07 Å². The molecule has 0 fully saturated rings. The van der Waals surface area contributed by atoms with E-state index >= 15 is 0 Å². The highest BCUT2D eigenvalue weighted by Crippen LogP contribution is 1.64. The SMILES string of the molecule is N[SH](=O)=O.c1cn[nH]c1. The number of nitrogens with two attached hydrogens (primary N) is 1. The summed E-state index contributed by atoms with van der Waals surface area (Å²) in [6, 6.07) is 1.83. The van der Waals surface area contributed by atoms with E-state index in [2.05, 4.69) is 15.3 Å². The van der Waals surface area contributed by atoms with Gasteiger partial charge in [0, 0.05) is 12.4 Å². The first-order valence-corrected chi connectivity index (χ1v) is 3.31. The van der Waals surface area contributed by atoms with Crippen LogP contribution in [-0.2, 0) is 10.9 Å². The number of H-pyrrole nitrogens is 1. The highest BCUT2D eigenvalue weighted by molar-refractivity contribution is 7.69. The van der Waals surface area contributed by atoms with Gasteiger partial charge in [-0.15, -0.1) is 0 Å². The molecule has 5 nitrogen and oxygen atoms in total. The minimum absolute atomic E-state index is 1.69. The predicted molar refractivity (Wildman–Crippen MR) is 33.1 cm³/mol. The van der Waals surface area contributed by atoms with Crippen LogP contribution in [-0.4, -0.2) is 18.6 Å². The van der Waals surface area contributed by atoms with Crippen LogP contribution in [0, 0.1) is 0 Å². The molecule has 0 aliphatic heterocycles. The monoisotopic (exact) mass is 149 g/mol. The van der Waals surface area contributed by atoms with Crippen molar-refractivity contribution in [2.45, 2.75) is 0 Å². The molecule has 9 heavy (non-hydrogen) atoms. The lowest BCUT2D eigenvalue weighted by molar-refractivity contribution is 0.616. The first-order valence-electron chi connectivity index (χ1n) is 2.06. The molecule has 0 aromatic carbocycles. The van der Waals surface area contributed by atoms with Crippen LogP contribution in [0.5, 0.6) is 0 Å². The van der Waals surface area contributed by atoms with Crippen molar-refractivity contribution in [2.24, 2.45) is 5.14 Å². The van der Waals surface area contributed by atoms with E-state index in [9.17, 15) is 0 Å². The maximum Gasteiger partial charge on any atom is 0.198 e. The van der Waals surface area contributed by atoms with Crippen LogP contribution in [0.1, 0.15) is 0 Å². The van der Waals surface area contributed by atoms with Gasteiger partial charge in [0.15, 0.2) is 10.9 Å². The van der Waals surface area contributed by atoms with E-state index < -0.39 is 10.9 Å². The van der Waals surface area contributed by atoms with Crippen LogP contribution >= 0.6 is 0 Å². The van der Waals surface area contributed by atoms with E-state index in [-0.39, 0.29) is 0 Å². The fourth-order valence-corrected chi connectivity index (χ4v) is 0.215. The Kier molecular flexibility index (Phi) is 4.75. The van der Waals surface area contributed by atoms with Crippen molar-refractivity contribution in [2.75, 3.05) is 0 Å². The molecule has 0 bridgehead atoms. The molecule has 0 saturated heterocycles. The molecule has 0 radical (unpaired) electrons. The average Bonchev–Trinajstić information content (AvgIpc) is 2.11. The number of aromatic nitrogens is 2. The van der Waals surface area contributed by atoms with Gasteiger partial charge < -0.3 is 0 Å². The second kappa shape index (κ2) is 5.26. The van der Waals surface area contributed by atoms with Gasteiger partial charge in [-0.2, -0.15) is 5.10 Å². The fraction of sp³-hybridized carbons (Fsp3) is 0. The molecule has 1 aromatic heterocycles. The summed E-state index contributed by atoms with van der Waals surface area (Å²) in [6.07, 6.45) is 3.46. The van der Waals surface area contributed by atoms with Gasteiger partial charge in [-0.3, -0.25) is 5.10 Å². The number of aromatic amines is 1. The van der Waals surface area contributed by atoms with Gasteiger partial charge in [0.1, 0.15) is 0 Å². The van der Waals surface area contributed by atoms with Crippen molar-refractivity contribution in [3.63, 3.8) is 0 Å². The zero-order valence-corrected chi connectivity index (χ0v) is 5.41. The molecule has 3 N–H and O–H groups in total. The van der Waals surface area contributed by atoms with Crippen LogP contribution < -0.4 is 5.14 Å². The van der Waals surface area contributed by atoms with E-state index in [4.69, 9.17) is 8.42 Å². The summed E-state index contributed by atoms with van der Waals surface area (Å²) in [5.41, 5.74) is 0. The molecule has 0 unspecified atom stereocenters. The van der Waals surface area contributed by atoms with Crippen molar-refractivity contribution in [3.8, 4) is 0 Å². The molecule has 1 heterocycles. The van der Waals surface area contributed by atoms with Gasteiger partial charge in [-0.1, -0.05) is 0 Å². The molecule has 1 aromatic rings. The highest BCUT2D eigenvalue weighted by atomic mass is 32.2. The van der Waals surface area contributed by atoms with E-state index in [0.717, 1.165) is 0 Å². The van der Waals surface area contributed by atoms with Crippen molar-refractivity contribution in [3.05, 3.63) is 18.5 Å². The van der Waals surface area contributed by atoms with Gasteiger partial charge in [0.25, 0.3) is 0 Å². The van der Waals surface area contributed by atoms with E-state index in [1.165, 1.54) is 0 Å². The largest absolute Gasteiger partial charge is 0.286 e. The lowest BCUT2D eigenvalue weighted by atomic mass is 10.8. The zero-order valence-electron chi connectivity index (χ0n) is 4.52. The average molecular weight is 149 g/mol. The summed E-state index contributed by atoms with van der Waals surface area (Å²) in [7, 11) is -2.62. The molecule has 52 valence electrons. The van der Waals surface area contributed by atoms with Crippen molar-refractivity contribution in [1.29, 1.82) is 0 Å². The third-order valence-corrected chi connectivity index (χ3v) is 0.406. The van der Waals surface area contributed by atoms with Crippen molar-refractivity contribution in [1.82, 2.24) is 10.2 Å². The number of hydrogen-bond donors (Lipinski definition) is 3. The third-order valence-electron chi connectivity index (χ3n) is 0.406. The van der Waals surface area contributed by atoms with Crippen LogP contribution in [0.4, 0.5) is 0 Å². The number of rotatable bonds is 0. The van der Waals surface area contributed by atoms with E-state index in [0.29, 0.717) is 0 Å². The molecule has 1 rings (SSSR count). The van der Waals surface area contributed by atoms with Crippen LogP contribution in [0.2, 0.25) is 0 Å². The summed E-state index contributed by atoms with van der Waals surface area (Å²) in [6.45, 7) is 0. The molecule has 0 saturated carbocycles. The van der Waals surface area contributed by atoms with Crippen LogP contribution in [0.3, 0.4) is 0 Å². The number of nitrogens with zero attached hydrogens (tertiary/aromatic N) is 1. The normalized spacial score (nSPS) is 8.22. The van der Waals surface area contributed by atoms with Gasteiger partial charge in [0.2, 0.25) is 0 Å². The Morgan fingerprint density at radius 1 is 1.56 bits per heavy atom. The summed E-state index contributed by atoms with van der Waals surface area (Å²) >= 11 is 0. The number of hydrogen-bond acceptors (Lipinski definition) is 3. The van der Waals surface area contributed by atoms with Gasteiger partial charge in [-0.25, -0.2) is 13.6 Å². The standard InChI is InChI=1S/C3H4N2.H3NO2S/c1-2-4-5-3-1;1-4(2)3/h1-3H,(H,4,5);4H,(H2,1,2,3). The summed E-state index contributed by atoms with van der Waals surface area (Å²) in [4.78, 5) is 0. The Morgan fingerprint density at radius 3 is 2.22 bits per heavy atom. The Hall–Kier alpha value is -0.880. The van der Waals surface area contributed by atoms with Gasteiger partial charge >= 0.3 is 0 Å². The Balaban J connectivity index is 0.000000148. The summed E-state index contributed by atoms with van der Waals surface area (Å²) in [5.74, 6) is 0. The minimum Gasteiger partial charge on any atom is -0.286 e. The Labute approximate surface area is 54.0 Å². The fourth-order valence-electron chi connectivity index (χ4n) is 0.215. The zero-order chi connectivity index (χ0) is 7.11. The summed E-state index contributed by atoms with van der Waals surface area (Å²) < 4.78 is 17.6. The third kappa shape index (κ3) is 11.0. The van der Waals surface area contributed by atoms with Gasteiger partial charge in [0.05, 0.1) is 0 Å². The second-order valence-corrected chi connectivity index (χ2v) is 1.62. The molecular formula is C3H7N3O2S. The first-order chi connectivity index (χ1) is 4.23. The maximum absolute atomic E-state index is 8.81. The Morgan fingerprint density at radius 2 is 2.11 bits per heavy atom. The lowest BCUT2D eigenvalue weighted by Gasteiger charge is -1.49. The molecule has 0 spiro atoms. The highest BCUT2D eigenvalue weighted by Gasteiger charge is 1.56. The molecular weight excluding hydrogens is 142 g/mol. The van der Waals surface area contributed by atoms with E-state index in [1.54, 1.807) is 12.4 Å². The molecule has 0 aliphatic rings. The molecule has 0 amide bonds. The first kappa shape index (κ1) is 8.12. The lowest BCUT2D eigenvalue weighted by Crippen LogP contribution is -1.85.